The average molecular weight is 367 g/mol. The van der Waals surface area contributed by atoms with Crippen LogP contribution in [0, 0.1) is 11.6 Å². The zero-order chi connectivity index (χ0) is 17.8. The highest BCUT2D eigenvalue weighted by Crippen LogP contribution is 2.23. The molecule has 2 aromatic carbocycles. The molecule has 3 rings (SSSR count). The Kier molecular flexibility index (Phi) is 5.63. The van der Waals surface area contributed by atoms with Crippen molar-refractivity contribution >= 4 is 23.2 Å². The van der Waals surface area contributed by atoms with Crippen molar-refractivity contribution < 1.29 is 18.3 Å². The highest BCUT2D eigenvalue weighted by Gasteiger charge is 2.14. The monoisotopic (exact) mass is 366 g/mol. The molecule has 0 aliphatic carbocycles. The molecular formula is C18H17ClF2N2O2. The number of nitrogens with zero attached hydrogens (tertiary/aromatic N) is 1. The molecule has 1 heterocycles. The van der Waals surface area contributed by atoms with Gasteiger partial charge in [0.15, 0.2) is 11.6 Å². The molecule has 1 N–H and O–H groups in total. The number of hydrogen-bond donors (Lipinski definition) is 1. The Bertz CT molecular complexity index is 780. The summed E-state index contributed by atoms with van der Waals surface area (Å²) in [6, 6.07) is 8.23. The molecule has 25 heavy (non-hydrogen) atoms. The van der Waals surface area contributed by atoms with Crippen LogP contribution in [-0.2, 0) is 11.3 Å². The van der Waals surface area contributed by atoms with Crippen molar-refractivity contribution in [2.75, 3.05) is 31.6 Å². The molecule has 0 radical (unpaired) electrons. The first-order valence-electron chi connectivity index (χ1n) is 7.88. The maximum absolute atomic E-state index is 13.2. The van der Waals surface area contributed by atoms with Gasteiger partial charge in [0.05, 0.1) is 13.2 Å². The molecule has 1 fully saturated rings. The minimum absolute atomic E-state index is 0.0346. The number of carbonyl (C=O) groups excluding carboxylic acids is 1. The van der Waals surface area contributed by atoms with Gasteiger partial charge in [0, 0.05) is 35.9 Å². The summed E-state index contributed by atoms with van der Waals surface area (Å²) in [6.07, 6.45) is 0. The van der Waals surface area contributed by atoms with Crippen LogP contribution in [0.15, 0.2) is 36.4 Å². The molecule has 0 atom stereocenters. The third-order valence-electron chi connectivity index (χ3n) is 3.99. The van der Waals surface area contributed by atoms with Crippen molar-refractivity contribution in [3.63, 3.8) is 0 Å². The predicted octanol–water partition coefficient (Wildman–Crippen LogP) is 3.70. The van der Waals surface area contributed by atoms with E-state index in [1.165, 1.54) is 6.07 Å². The summed E-state index contributed by atoms with van der Waals surface area (Å²) in [5, 5.41) is 3.17. The van der Waals surface area contributed by atoms with Gasteiger partial charge in [-0.2, -0.15) is 0 Å². The first-order chi connectivity index (χ1) is 12.0. The van der Waals surface area contributed by atoms with Gasteiger partial charge < -0.3 is 10.1 Å². The second kappa shape index (κ2) is 7.91. The van der Waals surface area contributed by atoms with E-state index in [0.29, 0.717) is 30.5 Å². The summed E-state index contributed by atoms with van der Waals surface area (Å²) < 4.78 is 31.5. The van der Waals surface area contributed by atoms with E-state index in [4.69, 9.17) is 16.3 Å². The van der Waals surface area contributed by atoms with Gasteiger partial charge in [-0.15, -0.1) is 0 Å². The second-order valence-electron chi connectivity index (χ2n) is 5.78. The number of carbonyl (C=O) groups is 1. The molecule has 0 aromatic heterocycles. The first-order valence-corrected chi connectivity index (χ1v) is 8.25. The number of hydrogen-bond acceptors (Lipinski definition) is 3. The number of halogens is 3. The number of anilines is 1. The minimum Gasteiger partial charge on any atom is -0.379 e. The van der Waals surface area contributed by atoms with Crippen LogP contribution in [-0.4, -0.2) is 37.1 Å². The maximum atomic E-state index is 13.2. The Morgan fingerprint density at radius 2 is 1.88 bits per heavy atom. The summed E-state index contributed by atoms with van der Waals surface area (Å²) in [6.45, 7) is 3.83. The lowest BCUT2D eigenvalue weighted by molar-refractivity contribution is 0.0342. The van der Waals surface area contributed by atoms with Crippen molar-refractivity contribution in [3.05, 3.63) is 64.2 Å². The standard InChI is InChI=1S/C18H17ClF2N2O2/c19-15-10-14(3-1-13(15)11-23-5-7-25-8-6-23)22-18(24)12-2-4-16(20)17(21)9-12/h1-4,9-10H,5-8,11H2,(H,22,24). The van der Waals surface area contributed by atoms with E-state index in [1.54, 1.807) is 12.1 Å². The zero-order valence-electron chi connectivity index (χ0n) is 13.4. The fourth-order valence-electron chi connectivity index (χ4n) is 2.59. The second-order valence-corrected chi connectivity index (χ2v) is 6.18. The van der Waals surface area contributed by atoms with E-state index in [0.717, 1.165) is 30.8 Å². The molecule has 0 bridgehead atoms. The van der Waals surface area contributed by atoms with Crippen LogP contribution in [0.3, 0.4) is 0 Å². The van der Waals surface area contributed by atoms with Gasteiger partial charge in [0.1, 0.15) is 0 Å². The molecule has 4 nitrogen and oxygen atoms in total. The fourth-order valence-corrected chi connectivity index (χ4v) is 2.83. The topological polar surface area (TPSA) is 41.6 Å². The van der Waals surface area contributed by atoms with E-state index < -0.39 is 17.5 Å². The van der Waals surface area contributed by atoms with Crippen molar-refractivity contribution in [1.29, 1.82) is 0 Å². The third-order valence-corrected chi connectivity index (χ3v) is 4.34. The van der Waals surface area contributed by atoms with Crippen LogP contribution in [0.25, 0.3) is 0 Å². The zero-order valence-corrected chi connectivity index (χ0v) is 14.2. The van der Waals surface area contributed by atoms with Crippen LogP contribution in [0.1, 0.15) is 15.9 Å². The largest absolute Gasteiger partial charge is 0.379 e. The van der Waals surface area contributed by atoms with Gasteiger partial charge in [-0.1, -0.05) is 17.7 Å². The van der Waals surface area contributed by atoms with Crippen LogP contribution < -0.4 is 5.32 Å². The van der Waals surface area contributed by atoms with Crippen molar-refractivity contribution in [3.8, 4) is 0 Å². The Balaban J connectivity index is 1.67. The van der Waals surface area contributed by atoms with Gasteiger partial charge in [-0.3, -0.25) is 9.69 Å². The van der Waals surface area contributed by atoms with Crippen LogP contribution >= 0.6 is 11.6 Å². The summed E-state index contributed by atoms with van der Waals surface area (Å²) in [4.78, 5) is 14.4. The molecule has 1 saturated heterocycles. The predicted molar refractivity (Wildman–Crippen MR) is 91.9 cm³/mol. The highest BCUT2D eigenvalue weighted by molar-refractivity contribution is 6.31. The lowest BCUT2D eigenvalue weighted by Gasteiger charge is -2.27. The maximum Gasteiger partial charge on any atom is 0.255 e. The van der Waals surface area contributed by atoms with E-state index in [9.17, 15) is 13.6 Å². The molecule has 132 valence electrons. The van der Waals surface area contributed by atoms with Gasteiger partial charge in [0.2, 0.25) is 0 Å². The van der Waals surface area contributed by atoms with Gasteiger partial charge in [-0.05, 0) is 35.9 Å². The van der Waals surface area contributed by atoms with Gasteiger partial charge in [-0.25, -0.2) is 8.78 Å². The Morgan fingerprint density at radius 3 is 2.56 bits per heavy atom. The number of morpholine rings is 1. The fraction of sp³-hybridized carbons (Fsp3) is 0.278. The van der Waals surface area contributed by atoms with E-state index >= 15 is 0 Å². The molecule has 1 aliphatic rings. The smallest absolute Gasteiger partial charge is 0.255 e. The molecule has 7 heteroatoms. The van der Waals surface area contributed by atoms with Crippen LogP contribution in [0.5, 0.6) is 0 Å². The van der Waals surface area contributed by atoms with Crippen molar-refractivity contribution in [2.45, 2.75) is 6.54 Å². The van der Waals surface area contributed by atoms with Gasteiger partial charge in [0.25, 0.3) is 5.91 Å². The lowest BCUT2D eigenvalue weighted by atomic mass is 10.1. The van der Waals surface area contributed by atoms with E-state index in [1.807, 2.05) is 6.07 Å². The quantitative estimate of drug-likeness (QED) is 0.897. The number of rotatable bonds is 4. The Hall–Kier alpha value is -2.02. The molecule has 0 saturated carbocycles. The van der Waals surface area contributed by atoms with Crippen molar-refractivity contribution in [1.82, 2.24) is 4.90 Å². The van der Waals surface area contributed by atoms with Crippen LogP contribution in [0.4, 0.5) is 14.5 Å². The molecule has 0 spiro atoms. The highest BCUT2D eigenvalue weighted by atomic mass is 35.5. The van der Waals surface area contributed by atoms with E-state index in [-0.39, 0.29) is 5.56 Å². The lowest BCUT2D eigenvalue weighted by Crippen LogP contribution is -2.35. The number of benzene rings is 2. The summed E-state index contributed by atoms with van der Waals surface area (Å²) in [7, 11) is 0. The minimum atomic E-state index is -1.06. The number of ether oxygens (including phenoxy) is 1. The number of nitrogens with one attached hydrogen (secondary N) is 1. The molecule has 1 amide bonds. The average Bonchev–Trinajstić information content (AvgIpc) is 2.60. The molecule has 0 unspecified atom stereocenters. The molecule has 1 aliphatic heterocycles. The molecule has 2 aromatic rings. The Labute approximate surface area is 149 Å². The van der Waals surface area contributed by atoms with Gasteiger partial charge >= 0.3 is 0 Å². The normalized spacial score (nSPS) is 15.2. The van der Waals surface area contributed by atoms with Crippen molar-refractivity contribution in [2.24, 2.45) is 0 Å². The summed E-state index contributed by atoms with van der Waals surface area (Å²) >= 11 is 6.31. The summed E-state index contributed by atoms with van der Waals surface area (Å²) in [5.41, 5.74) is 1.48. The molecular weight excluding hydrogens is 350 g/mol. The Morgan fingerprint density at radius 1 is 1.12 bits per heavy atom. The SMILES string of the molecule is O=C(Nc1ccc(CN2CCOCC2)c(Cl)c1)c1ccc(F)c(F)c1. The third kappa shape index (κ3) is 4.54. The number of amides is 1. The first kappa shape index (κ1) is 17.8. The summed E-state index contributed by atoms with van der Waals surface area (Å²) in [5.74, 6) is -2.59. The van der Waals surface area contributed by atoms with Crippen LogP contribution in [0.2, 0.25) is 5.02 Å². The van der Waals surface area contributed by atoms with E-state index in [2.05, 4.69) is 10.2 Å².